The fourth-order valence-corrected chi connectivity index (χ4v) is 2.24. The second-order valence-electron chi connectivity index (χ2n) is 3.47. The van der Waals surface area contributed by atoms with Gasteiger partial charge in [0.15, 0.2) is 0 Å². The summed E-state index contributed by atoms with van der Waals surface area (Å²) in [6, 6.07) is 6.81. The molecule has 0 saturated heterocycles. The van der Waals surface area contributed by atoms with Gasteiger partial charge in [0, 0.05) is 16.9 Å². The van der Waals surface area contributed by atoms with E-state index < -0.39 is 17.7 Å². The highest BCUT2D eigenvalue weighted by Crippen LogP contribution is 2.23. The lowest BCUT2D eigenvalue weighted by Gasteiger charge is -2.10. The minimum Gasteiger partial charge on any atom is -0.388 e. The topological polar surface area (TPSA) is 20.2 Å². The van der Waals surface area contributed by atoms with Crippen molar-refractivity contribution in [2.75, 3.05) is 0 Å². The van der Waals surface area contributed by atoms with Crippen molar-refractivity contribution in [3.05, 3.63) is 57.8 Å². The Morgan fingerprint density at radius 2 is 2.06 bits per heavy atom. The molecule has 2 aromatic rings. The quantitative estimate of drug-likeness (QED) is 0.872. The van der Waals surface area contributed by atoms with Gasteiger partial charge in [0.2, 0.25) is 0 Å². The predicted molar refractivity (Wildman–Crippen MR) is 59.3 cm³/mol. The molecule has 16 heavy (non-hydrogen) atoms. The first-order valence-electron chi connectivity index (χ1n) is 4.82. The van der Waals surface area contributed by atoms with Crippen LogP contribution >= 0.6 is 11.3 Å². The third-order valence-electron chi connectivity index (χ3n) is 2.29. The van der Waals surface area contributed by atoms with Crippen LogP contribution in [0.15, 0.2) is 35.7 Å². The molecule has 1 unspecified atom stereocenters. The van der Waals surface area contributed by atoms with Crippen molar-refractivity contribution in [3.63, 3.8) is 0 Å². The maximum atomic E-state index is 13.3. The van der Waals surface area contributed by atoms with E-state index in [1.165, 1.54) is 11.3 Å². The van der Waals surface area contributed by atoms with Crippen molar-refractivity contribution in [1.29, 1.82) is 0 Å². The molecule has 1 aromatic heterocycles. The van der Waals surface area contributed by atoms with Gasteiger partial charge in [-0.25, -0.2) is 8.78 Å². The standard InChI is InChI=1S/C12H10F2OS/c13-8-3-4-11(14)10(6-8)12(15)7-9-2-1-5-16-9/h1-6,12,15H,7H2. The van der Waals surface area contributed by atoms with E-state index in [2.05, 4.69) is 0 Å². The first-order chi connectivity index (χ1) is 7.66. The minimum absolute atomic E-state index is 0.00778. The molecule has 0 spiro atoms. The molecular weight excluding hydrogens is 230 g/mol. The van der Waals surface area contributed by atoms with Crippen LogP contribution in [0.25, 0.3) is 0 Å². The van der Waals surface area contributed by atoms with E-state index in [0.717, 1.165) is 23.1 Å². The predicted octanol–water partition coefficient (Wildman–Crippen LogP) is 3.30. The summed E-state index contributed by atoms with van der Waals surface area (Å²) in [5.41, 5.74) is 0.00778. The van der Waals surface area contributed by atoms with Gasteiger partial charge < -0.3 is 5.11 Å². The second kappa shape index (κ2) is 4.72. The van der Waals surface area contributed by atoms with Gasteiger partial charge in [0.1, 0.15) is 11.6 Å². The number of halogens is 2. The van der Waals surface area contributed by atoms with E-state index in [1.54, 1.807) is 0 Å². The zero-order valence-electron chi connectivity index (χ0n) is 8.36. The van der Waals surface area contributed by atoms with Gasteiger partial charge in [-0.3, -0.25) is 0 Å². The first-order valence-corrected chi connectivity index (χ1v) is 5.70. The molecule has 0 aliphatic rings. The minimum atomic E-state index is -1.01. The molecule has 1 aromatic carbocycles. The summed E-state index contributed by atoms with van der Waals surface area (Å²) in [5, 5.41) is 11.7. The van der Waals surface area contributed by atoms with E-state index >= 15 is 0 Å². The number of thiophene rings is 1. The molecule has 0 aliphatic carbocycles. The monoisotopic (exact) mass is 240 g/mol. The number of aliphatic hydroxyl groups is 1. The van der Waals surface area contributed by atoms with Crippen molar-refractivity contribution in [2.45, 2.75) is 12.5 Å². The Balaban J connectivity index is 2.20. The average molecular weight is 240 g/mol. The van der Waals surface area contributed by atoms with Gasteiger partial charge in [0.25, 0.3) is 0 Å². The Hall–Kier alpha value is -1.26. The van der Waals surface area contributed by atoms with Crippen LogP contribution in [-0.2, 0) is 6.42 Å². The molecule has 1 atom stereocenters. The summed E-state index contributed by atoms with van der Waals surface area (Å²) < 4.78 is 26.2. The largest absolute Gasteiger partial charge is 0.388 e. The van der Waals surface area contributed by atoms with Crippen LogP contribution in [0.2, 0.25) is 0 Å². The summed E-state index contributed by atoms with van der Waals surface area (Å²) in [5.74, 6) is -1.12. The number of benzene rings is 1. The summed E-state index contributed by atoms with van der Waals surface area (Å²) in [6.45, 7) is 0. The summed E-state index contributed by atoms with van der Waals surface area (Å²) in [4.78, 5) is 0.941. The number of hydrogen-bond acceptors (Lipinski definition) is 2. The molecule has 0 aliphatic heterocycles. The average Bonchev–Trinajstić information content (AvgIpc) is 2.74. The van der Waals surface area contributed by atoms with Gasteiger partial charge in [-0.15, -0.1) is 11.3 Å². The number of rotatable bonds is 3. The lowest BCUT2D eigenvalue weighted by Crippen LogP contribution is -2.04. The van der Waals surface area contributed by atoms with Crippen molar-refractivity contribution < 1.29 is 13.9 Å². The van der Waals surface area contributed by atoms with Crippen LogP contribution in [0, 0.1) is 11.6 Å². The van der Waals surface area contributed by atoms with Crippen molar-refractivity contribution >= 4 is 11.3 Å². The van der Waals surface area contributed by atoms with Crippen LogP contribution in [-0.4, -0.2) is 5.11 Å². The highest BCUT2D eigenvalue weighted by molar-refractivity contribution is 7.09. The van der Waals surface area contributed by atoms with Gasteiger partial charge in [-0.05, 0) is 29.6 Å². The fraction of sp³-hybridized carbons (Fsp3) is 0.167. The van der Waals surface area contributed by atoms with Crippen LogP contribution in [0.5, 0.6) is 0 Å². The number of hydrogen-bond donors (Lipinski definition) is 1. The molecule has 0 amide bonds. The third kappa shape index (κ3) is 2.46. The van der Waals surface area contributed by atoms with E-state index in [-0.39, 0.29) is 5.56 Å². The molecule has 1 N–H and O–H groups in total. The maximum absolute atomic E-state index is 13.3. The second-order valence-corrected chi connectivity index (χ2v) is 4.50. The maximum Gasteiger partial charge on any atom is 0.129 e. The first kappa shape index (κ1) is 11.2. The Morgan fingerprint density at radius 3 is 2.75 bits per heavy atom. The molecule has 1 heterocycles. The highest BCUT2D eigenvalue weighted by atomic mass is 32.1. The third-order valence-corrected chi connectivity index (χ3v) is 3.19. The SMILES string of the molecule is OC(Cc1cccs1)c1cc(F)ccc1F. The van der Waals surface area contributed by atoms with E-state index in [4.69, 9.17) is 0 Å². The van der Waals surface area contributed by atoms with Crippen molar-refractivity contribution in [3.8, 4) is 0 Å². The Bertz CT molecular complexity index is 468. The normalized spacial score (nSPS) is 12.7. The molecular formula is C12H10F2OS. The molecule has 0 saturated carbocycles. The van der Waals surface area contributed by atoms with E-state index in [9.17, 15) is 13.9 Å². The van der Waals surface area contributed by atoms with Gasteiger partial charge in [0.05, 0.1) is 6.10 Å². The zero-order chi connectivity index (χ0) is 11.5. The Labute approximate surface area is 96.0 Å². The van der Waals surface area contributed by atoms with Crippen LogP contribution in [0.4, 0.5) is 8.78 Å². The lowest BCUT2D eigenvalue weighted by molar-refractivity contribution is 0.174. The Kier molecular flexibility index (Phi) is 3.31. The fourth-order valence-electron chi connectivity index (χ4n) is 1.50. The van der Waals surface area contributed by atoms with Crippen LogP contribution < -0.4 is 0 Å². The van der Waals surface area contributed by atoms with Crippen LogP contribution in [0.1, 0.15) is 16.5 Å². The summed E-state index contributed by atoms with van der Waals surface area (Å²) >= 11 is 1.48. The van der Waals surface area contributed by atoms with Crippen LogP contribution in [0.3, 0.4) is 0 Å². The number of aliphatic hydroxyl groups excluding tert-OH is 1. The molecule has 1 nitrogen and oxygen atoms in total. The smallest absolute Gasteiger partial charge is 0.129 e. The molecule has 0 radical (unpaired) electrons. The van der Waals surface area contributed by atoms with Gasteiger partial charge >= 0.3 is 0 Å². The van der Waals surface area contributed by atoms with Gasteiger partial charge in [-0.2, -0.15) is 0 Å². The zero-order valence-corrected chi connectivity index (χ0v) is 9.18. The van der Waals surface area contributed by atoms with E-state index in [1.807, 2.05) is 17.5 Å². The summed E-state index contributed by atoms with van der Waals surface area (Å²) in [6.07, 6.45) is -0.702. The van der Waals surface area contributed by atoms with Crippen molar-refractivity contribution in [1.82, 2.24) is 0 Å². The van der Waals surface area contributed by atoms with Crippen molar-refractivity contribution in [2.24, 2.45) is 0 Å². The molecule has 2 rings (SSSR count). The van der Waals surface area contributed by atoms with Gasteiger partial charge in [-0.1, -0.05) is 6.07 Å². The molecule has 84 valence electrons. The Morgan fingerprint density at radius 1 is 1.25 bits per heavy atom. The summed E-state index contributed by atoms with van der Waals surface area (Å²) in [7, 11) is 0. The molecule has 4 heteroatoms. The lowest BCUT2D eigenvalue weighted by atomic mass is 10.1. The molecule has 0 fully saturated rings. The van der Waals surface area contributed by atoms with E-state index in [0.29, 0.717) is 6.42 Å². The highest BCUT2D eigenvalue weighted by Gasteiger charge is 2.14. The molecule has 0 bridgehead atoms.